The van der Waals surface area contributed by atoms with E-state index in [9.17, 15) is 9.59 Å². The molecule has 5 heteroatoms. The van der Waals surface area contributed by atoms with Crippen LogP contribution >= 0.6 is 0 Å². The van der Waals surface area contributed by atoms with Crippen molar-refractivity contribution in [2.75, 3.05) is 6.61 Å². The van der Waals surface area contributed by atoms with Crippen molar-refractivity contribution in [3.05, 3.63) is 0 Å². The van der Waals surface area contributed by atoms with Crippen LogP contribution in [-0.2, 0) is 9.59 Å². The predicted octanol–water partition coefficient (Wildman–Crippen LogP) is 0.128. The lowest BCUT2D eigenvalue weighted by atomic mass is 10.00. The van der Waals surface area contributed by atoms with Crippen LogP contribution in [0, 0.1) is 0 Å². The van der Waals surface area contributed by atoms with Gasteiger partial charge in [0, 0.05) is 6.42 Å². The van der Waals surface area contributed by atoms with Crippen LogP contribution in [0.1, 0.15) is 33.1 Å². The summed E-state index contributed by atoms with van der Waals surface area (Å²) in [6.07, 6.45) is 0.365. The number of rotatable bonds is 6. The first-order valence-corrected chi connectivity index (χ1v) is 4.57. The number of carboxylic acids is 1. The fraction of sp³-hybridized carbons (Fsp3) is 0.778. The van der Waals surface area contributed by atoms with Crippen molar-refractivity contribution in [1.82, 2.24) is 5.32 Å². The minimum absolute atomic E-state index is 0.0507. The van der Waals surface area contributed by atoms with Gasteiger partial charge in [-0.15, -0.1) is 0 Å². The second kappa shape index (κ2) is 5.59. The molecule has 0 aliphatic heterocycles. The number of amides is 1. The molecule has 0 radical (unpaired) electrons. The molecule has 0 aliphatic carbocycles. The Balaban J connectivity index is 3.97. The fourth-order valence-corrected chi connectivity index (χ4v) is 0.859. The van der Waals surface area contributed by atoms with E-state index < -0.39 is 11.5 Å². The molecule has 0 aromatic rings. The third kappa shape index (κ3) is 4.81. The number of aliphatic hydroxyl groups is 1. The number of carboxylic acid groups (broad SMARTS) is 1. The summed E-state index contributed by atoms with van der Waals surface area (Å²) < 4.78 is 0. The van der Waals surface area contributed by atoms with Crippen LogP contribution < -0.4 is 5.32 Å². The van der Waals surface area contributed by atoms with Gasteiger partial charge in [-0.25, -0.2) is 0 Å². The molecule has 1 amide bonds. The monoisotopic (exact) mass is 203 g/mol. The first-order valence-electron chi connectivity index (χ1n) is 4.57. The van der Waals surface area contributed by atoms with Crippen molar-refractivity contribution in [1.29, 1.82) is 0 Å². The molecule has 0 heterocycles. The van der Waals surface area contributed by atoms with Crippen LogP contribution in [0.5, 0.6) is 0 Å². The van der Waals surface area contributed by atoms with Crippen molar-refractivity contribution >= 4 is 11.9 Å². The van der Waals surface area contributed by atoms with E-state index in [1.807, 2.05) is 6.92 Å². The molecule has 0 aromatic heterocycles. The van der Waals surface area contributed by atoms with Crippen LogP contribution in [0.3, 0.4) is 0 Å². The largest absolute Gasteiger partial charge is 0.481 e. The highest BCUT2D eigenvalue weighted by Crippen LogP contribution is 2.08. The number of aliphatic hydroxyl groups excluding tert-OH is 1. The fourth-order valence-electron chi connectivity index (χ4n) is 0.859. The quantitative estimate of drug-likeness (QED) is 0.572. The molecular weight excluding hydrogens is 186 g/mol. The number of aliphatic carboxylic acids is 1. The van der Waals surface area contributed by atoms with E-state index in [1.165, 1.54) is 0 Å². The molecule has 5 nitrogen and oxygen atoms in total. The van der Waals surface area contributed by atoms with E-state index >= 15 is 0 Å². The van der Waals surface area contributed by atoms with Gasteiger partial charge in [-0.3, -0.25) is 9.59 Å². The third-order valence-electron chi connectivity index (χ3n) is 2.14. The van der Waals surface area contributed by atoms with Gasteiger partial charge in [-0.1, -0.05) is 6.92 Å². The lowest BCUT2D eigenvalue weighted by molar-refractivity contribution is -0.139. The number of carbonyl (C=O) groups is 2. The molecule has 0 aliphatic rings. The maximum absolute atomic E-state index is 11.2. The van der Waals surface area contributed by atoms with E-state index in [-0.39, 0.29) is 25.4 Å². The summed E-state index contributed by atoms with van der Waals surface area (Å²) in [5.74, 6) is -1.34. The van der Waals surface area contributed by atoms with Crippen molar-refractivity contribution < 1.29 is 19.8 Å². The lowest BCUT2D eigenvalue weighted by Crippen LogP contribution is -2.48. The average molecular weight is 203 g/mol. The Kier molecular flexibility index (Phi) is 5.15. The molecule has 0 rings (SSSR count). The molecule has 3 N–H and O–H groups in total. The molecule has 0 fully saturated rings. The Hall–Kier alpha value is -1.10. The molecular formula is C9H17NO4. The minimum Gasteiger partial charge on any atom is -0.481 e. The third-order valence-corrected chi connectivity index (χ3v) is 2.14. The zero-order valence-corrected chi connectivity index (χ0v) is 8.54. The highest BCUT2D eigenvalue weighted by Gasteiger charge is 2.22. The Morgan fingerprint density at radius 3 is 2.29 bits per heavy atom. The van der Waals surface area contributed by atoms with Crippen molar-refractivity contribution in [2.24, 2.45) is 0 Å². The zero-order chi connectivity index (χ0) is 11.2. The first kappa shape index (κ1) is 12.9. The number of nitrogens with one attached hydrogen (secondary N) is 1. The van der Waals surface area contributed by atoms with Crippen LogP contribution in [0.4, 0.5) is 0 Å². The molecule has 1 atom stereocenters. The molecule has 14 heavy (non-hydrogen) atoms. The van der Waals surface area contributed by atoms with E-state index in [0.29, 0.717) is 6.42 Å². The molecule has 1 unspecified atom stereocenters. The Bertz CT molecular complexity index is 211. The van der Waals surface area contributed by atoms with Crippen molar-refractivity contribution in [2.45, 2.75) is 38.6 Å². The number of hydrogen-bond acceptors (Lipinski definition) is 3. The number of hydrogen-bond donors (Lipinski definition) is 3. The topological polar surface area (TPSA) is 86.6 Å². The lowest BCUT2D eigenvalue weighted by Gasteiger charge is -2.27. The zero-order valence-electron chi connectivity index (χ0n) is 8.54. The maximum Gasteiger partial charge on any atom is 0.303 e. The van der Waals surface area contributed by atoms with Gasteiger partial charge in [0.15, 0.2) is 0 Å². The molecule has 0 aromatic carbocycles. The second-order valence-corrected chi connectivity index (χ2v) is 3.51. The van der Waals surface area contributed by atoms with E-state index in [2.05, 4.69) is 5.32 Å². The second-order valence-electron chi connectivity index (χ2n) is 3.51. The summed E-state index contributed by atoms with van der Waals surface area (Å²) in [7, 11) is 0. The van der Waals surface area contributed by atoms with Gasteiger partial charge in [0.05, 0.1) is 18.6 Å². The molecule has 0 saturated carbocycles. The number of carbonyl (C=O) groups excluding carboxylic acids is 1. The normalized spacial score (nSPS) is 14.5. The van der Waals surface area contributed by atoms with E-state index in [4.69, 9.17) is 10.2 Å². The summed E-state index contributed by atoms with van der Waals surface area (Å²) >= 11 is 0. The molecule has 82 valence electrons. The van der Waals surface area contributed by atoms with Gasteiger partial charge in [-0.2, -0.15) is 0 Å². The Labute approximate surface area is 83.1 Å². The SMILES string of the molecule is CCC(C)(CO)NC(=O)CCC(=O)O. The van der Waals surface area contributed by atoms with Crippen LogP contribution in [0.2, 0.25) is 0 Å². The van der Waals surface area contributed by atoms with Gasteiger partial charge in [0.25, 0.3) is 0 Å². The standard InChI is InChI=1S/C9H17NO4/c1-3-9(2,6-11)10-7(12)4-5-8(13)14/h11H,3-6H2,1-2H3,(H,10,12)(H,13,14). The van der Waals surface area contributed by atoms with E-state index in [1.54, 1.807) is 6.92 Å². The summed E-state index contributed by atoms with van der Waals surface area (Å²) in [5, 5.41) is 19.9. The summed E-state index contributed by atoms with van der Waals surface area (Å²) in [5.41, 5.74) is -0.643. The average Bonchev–Trinajstić information content (AvgIpc) is 2.14. The maximum atomic E-state index is 11.2. The first-order chi connectivity index (χ1) is 6.43. The van der Waals surface area contributed by atoms with Gasteiger partial charge in [0.2, 0.25) is 5.91 Å². The molecule has 0 saturated heterocycles. The smallest absolute Gasteiger partial charge is 0.303 e. The highest BCUT2D eigenvalue weighted by atomic mass is 16.4. The minimum atomic E-state index is -0.998. The Morgan fingerprint density at radius 2 is 1.93 bits per heavy atom. The van der Waals surface area contributed by atoms with Gasteiger partial charge in [0.1, 0.15) is 0 Å². The van der Waals surface area contributed by atoms with Crippen LogP contribution in [0.25, 0.3) is 0 Å². The summed E-state index contributed by atoms with van der Waals surface area (Å²) in [6, 6.07) is 0. The van der Waals surface area contributed by atoms with Gasteiger partial charge >= 0.3 is 5.97 Å². The highest BCUT2D eigenvalue weighted by molar-refractivity contribution is 5.81. The molecule has 0 bridgehead atoms. The van der Waals surface area contributed by atoms with Crippen molar-refractivity contribution in [3.8, 4) is 0 Å². The summed E-state index contributed by atoms with van der Waals surface area (Å²) in [4.78, 5) is 21.4. The summed E-state index contributed by atoms with van der Waals surface area (Å²) in [6.45, 7) is 3.40. The van der Waals surface area contributed by atoms with Crippen molar-refractivity contribution in [3.63, 3.8) is 0 Å². The van der Waals surface area contributed by atoms with Gasteiger partial charge in [-0.05, 0) is 13.3 Å². The van der Waals surface area contributed by atoms with Gasteiger partial charge < -0.3 is 15.5 Å². The van der Waals surface area contributed by atoms with Crippen LogP contribution in [-0.4, -0.2) is 34.2 Å². The van der Waals surface area contributed by atoms with E-state index in [0.717, 1.165) is 0 Å². The van der Waals surface area contributed by atoms with Crippen LogP contribution in [0.15, 0.2) is 0 Å². The predicted molar refractivity (Wildman–Crippen MR) is 50.8 cm³/mol. The Morgan fingerprint density at radius 1 is 1.36 bits per heavy atom. The molecule has 0 spiro atoms.